The SMILES string of the molecule is Nc1cccc2c1CCCN2CC(=O)N1CCSc2ccccc21. The molecule has 2 aliphatic heterocycles. The largest absolute Gasteiger partial charge is 0.398 e. The van der Waals surface area contributed by atoms with Gasteiger partial charge in [0.15, 0.2) is 0 Å². The van der Waals surface area contributed by atoms with E-state index in [1.54, 1.807) is 0 Å². The van der Waals surface area contributed by atoms with Crippen LogP contribution in [0.2, 0.25) is 0 Å². The van der Waals surface area contributed by atoms with Crippen molar-refractivity contribution < 1.29 is 4.79 Å². The summed E-state index contributed by atoms with van der Waals surface area (Å²) >= 11 is 1.82. The second-order valence-electron chi connectivity index (χ2n) is 6.23. The first-order chi connectivity index (χ1) is 11.7. The first-order valence-corrected chi connectivity index (χ1v) is 9.37. The molecule has 24 heavy (non-hydrogen) atoms. The number of para-hydroxylation sites is 1. The van der Waals surface area contributed by atoms with Gasteiger partial charge in [0.2, 0.25) is 5.91 Å². The number of fused-ring (bicyclic) bond motifs is 2. The molecule has 2 heterocycles. The molecule has 2 aliphatic rings. The molecule has 0 aromatic heterocycles. The van der Waals surface area contributed by atoms with Crippen LogP contribution in [0.15, 0.2) is 47.4 Å². The monoisotopic (exact) mass is 339 g/mol. The molecule has 0 aliphatic carbocycles. The van der Waals surface area contributed by atoms with Gasteiger partial charge in [-0.05, 0) is 42.7 Å². The Labute approximate surface area is 146 Å². The van der Waals surface area contributed by atoms with Gasteiger partial charge < -0.3 is 15.5 Å². The molecule has 2 aromatic carbocycles. The summed E-state index contributed by atoms with van der Waals surface area (Å²) in [6.45, 7) is 2.10. The summed E-state index contributed by atoms with van der Waals surface area (Å²) < 4.78 is 0. The highest BCUT2D eigenvalue weighted by molar-refractivity contribution is 7.99. The van der Waals surface area contributed by atoms with E-state index >= 15 is 0 Å². The zero-order chi connectivity index (χ0) is 16.5. The number of thioether (sulfide) groups is 1. The quantitative estimate of drug-likeness (QED) is 0.854. The molecule has 2 N–H and O–H groups in total. The van der Waals surface area contributed by atoms with Crippen LogP contribution >= 0.6 is 11.8 Å². The summed E-state index contributed by atoms with van der Waals surface area (Å²) in [6, 6.07) is 14.2. The minimum absolute atomic E-state index is 0.165. The summed E-state index contributed by atoms with van der Waals surface area (Å²) in [5.41, 5.74) is 10.3. The van der Waals surface area contributed by atoms with E-state index in [4.69, 9.17) is 5.73 Å². The van der Waals surface area contributed by atoms with Gasteiger partial charge in [-0.25, -0.2) is 0 Å². The molecule has 0 saturated heterocycles. The predicted octanol–water partition coefficient (Wildman–Crippen LogP) is 3.16. The highest BCUT2D eigenvalue weighted by Crippen LogP contribution is 2.35. The molecule has 1 amide bonds. The third kappa shape index (κ3) is 2.73. The Morgan fingerprint density at radius 2 is 1.92 bits per heavy atom. The number of amides is 1. The van der Waals surface area contributed by atoms with Crippen molar-refractivity contribution in [1.82, 2.24) is 0 Å². The molecular weight excluding hydrogens is 318 g/mol. The Hall–Kier alpha value is -2.14. The van der Waals surface area contributed by atoms with Crippen LogP contribution in [-0.4, -0.2) is 31.3 Å². The number of hydrogen-bond acceptors (Lipinski definition) is 4. The van der Waals surface area contributed by atoms with Gasteiger partial charge in [0, 0.05) is 35.1 Å². The molecule has 0 fully saturated rings. The molecule has 4 nitrogen and oxygen atoms in total. The fourth-order valence-corrected chi connectivity index (χ4v) is 4.56. The molecular formula is C19H21N3OS. The van der Waals surface area contributed by atoms with E-state index in [9.17, 15) is 4.79 Å². The normalized spacial score (nSPS) is 16.5. The summed E-state index contributed by atoms with van der Waals surface area (Å²) in [7, 11) is 0. The summed E-state index contributed by atoms with van der Waals surface area (Å²) in [6.07, 6.45) is 2.04. The smallest absolute Gasteiger partial charge is 0.246 e. The Morgan fingerprint density at radius 3 is 2.83 bits per heavy atom. The van der Waals surface area contributed by atoms with Gasteiger partial charge in [-0.1, -0.05) is 18.2 Å². The minimum atomic E-state index is 0.165. The fourth-order valence-electron chi connectivity index (χ4n) is 3.57. The van der Waals surface area contributed by atoms with Crippen molar-refractivity contribution >= 4 is 34.7 Å². The summed E-state index contributed by atoms with van der Waals surface area (Å²) in [4.78, 5) is 18.3. The number of nitrogens with zero attached hydrogens (tertiary/aromatic N) is 2. The van der Waals surface area contributed by atoms with E-state index < -0.39 is 0 Å². The van der Waals surface area contributed by atoms with Gasteiger partial charge in [0.25, 0.3) is 0 Å². The zero-order valence-electron chi connectivity index (χ0n) is 13.6. The Bertz CT molecular complexity index is 777. The third-order valence-electron chi connectivity index (χ3n) is 4.74. The number of carbonyl (C=O) groups excluding carboxylic acids is 1. The van der Waals surface area contributed by atoms with Gasteiger partial charge in [0.1, 0.15) is 0 Å². The first kappa shape index (κ1) is 15.4. The molecule has 0 saturated carbocycles. The topological polar surface area (TPSA) is 49.6 Å². The van der Waals surface area contributed by atoms with Gasteiger partial charge in [-0.15, -0.1) is 11.8 Å². The number of rotatable bonds is 2. The van der Waals surface area contributed by atoms with Gasteiger partial charge >= 0.3 is 0 Å². The molecule has 4 rings (SSSR count). The summed E-state index contributed by atoms with van der Waals surface area (Å²) in [5.74, 6) is 1.12. The van der Waals surface area contributed by atoms with E-state index in [0.717, 1.165) is 48.7 Å². The molecule has 2 aromatic rings. The van der Waals surface area contributed by atoms with E-state index in [0.29, 0.717) is 6.54 Å². The average Bonchev–Trinajstić information content (AvgIpc) is 2.62. The number of nitrogen functional groups attached to an aromatic ring is 1. The van der Waals surface area contributed by atoms with Gasteiger partial charge in [-0.3, -0.25) is 4.79 Å². The van der Waals surface area contributed by atoms with Crippen LogP contribution in [0.4, 0.5) is 17.1 Å². The van der Waals surface area contributed by atoms with Gasteiger partial charge in [-0.2, -0.15) is 0 Å². The second kappa shape index (κ2) is 6.40. The van der Waals surface area contributed by atoms with Crippen LogP contribution in [0.3, 0.4) is 0 Å². The van der Waals surface area contributed by atoms with E-state index in [-0.39, 0.29) is 5.91 Å². The van der Waals surface area contributed by atoms with Crippen molar-refractivity contribution in [3.8, 4) is 0 Å². The lowest BCUT2D eigenvalue weighted by Gasteiger charge is -2.35. The first-order valence-electron chi connectivity index (χ1n) is 8.38. The summed E-state index contributed by atoms with van der Waals surface area (Å²) in [5, 5.41) is 0. The van der Waals surface area contributed by atoms with Crippen molar-refractivity contribution in [2.24, 2.45) is 0 Å². The van der Waals surface area contributed by atoms with Crippen LogP contribution in [0, 0.1) is 0 Å². The minimum Gasteiger partial charge on any atom is -0.398 e. The maximum absolute atomic E-state index is 13.0. The fraction of sp³-hybridized carbons (Fsp3) is 0.316. The number of benzene rings is 2. The lowest BCUT2D eigenvalue weighted by atomic mass is 10.00. The molecule has 124 valence electrons. The van der Waals surface area contributed by atoms with Gasteiger partial charge in [0.05, 0.1) is 12.2 Å². The Balaban J connectivity index is 1.57. The van der Waals surface area contributed by atoms with Crippen LogP contribution in [0.5, 0.6) is 0 Å². The number of hydrogen-bond donors (Lipinski definition) is 1. The maximum Gasteiger partial charge on any atom is 0.246 e. The number of nitrogens with two attached hydrogens (primary N) is 1. The van der Waals surface area contributed by atoms with E-state index in [1.807, 2.05) is 47.0 Å². The maximum atomic E-state index is 13.0. The standard InChI is InChI=1S/C19H21N3OS/c20-15-6-3-8-16-14(15)5-4-10-21(16)13-19(23)22-11-12-24-18-9-2-1-7-17(18)22/h1-3,6-9H,4-5,10-13,20H2. The molecule has 0 radical (unpaired) electrons. The Morgan fingerprint density at radius 1 is 1.08 bits per heavy atom. The third-order valence-corrected chi connectivity index (χ3v) is 5.78. The second-order valence-corrected chi connectivity index (χ2v) is 7.37. The molecule has 0 spiro atoms. The van der Waals surface area contributed by atoms with Crippen molar-refractivity contribution in [2.45, 2.75) is 17.7 Å². The van der Waals surface area contributed by atoms with Crippen molar-refractivity contribution in [3.63, 3.8) is 0 Å². The molecule has 5 heteroatoms. The molecule has 0 bridgehead atoms. The lowest BCUT2D eigenvalue weighted by molar-refractivity contribution is -0.117. The highest BCUT2D eigenvalue weighted by Gasteiger charge is 2.26. The average molecular weight is 339 g/mol. The van der Waals surface area contributed by atoms with Crippen molar-refractivity contribution in [1.29, 1.82) is 0 Å². The van der Waals surface area contributed by atoms with Crippen LogP contribution in [-0.2, 0) is 11.2 Å². The van der Waals surface area contributed by atoms with E-state index in [2.05, 4.69) is 17.0 Å². The van der Waals surface area contributed by atoms with Crippen LogP contribution in [0.25, 0.3) is 0 Å². The van der Waals surface area contributed by atoms with Crippen molar-refractivity contribution in [3.05, 3.63) is 48.0 Å². The van der Waals surface area contributed by atoms with Crippen LogP contribution < -0.4 is 15.5 Å². The van der Waals surface area contributed by atoms with E-state index in [1.165, 1.54) is 10.5 Å². The predicted molar refractivity (Wildman–Crippen MR) is 101 cm³/mol. The number of carbonyl (C=O) groups is 1. The zero-order valence-corrected chi connectivity index (χ0v) is 14.4. The highest BCUT2D eigenvalue weighted by atomic mass is 32.2. The van der Waals surface area contributed by atoms with Crippen molar-refractivity contribution in [2.75, 3.05) is 40.9 Å². The van der Waals surface area contributed by atoms with Crippen LogP contribution in [0.1, 0.15) is 12.0 Å². The Kier molecular flexibility index (Phi) is 4.10. The molecule has 0 atom stereocenters. The lowest BCUT2D eigenvalue weighted by Crippen LogP contribution is -2.44. The number of anilines is 3. The molecule has 0 unspecified atom stereocenters.